The highest BCUT2D eigenvalue weighted by atomic mass is 16.4. The van der Waals surface area contributed by atoms with Gasteiger partial charge in [0.15, 0.2) is 5.60 Å². The standard InChI is InChI=1S/C20H24N2O4/c1-20(26,18(23)24)14-21-19(25)22-17-12-10-16(11-13-17)9-5-8-15-6-3-2-4-7-15/h2-4,6-7,10-13,26H,5,8-9,14H2,1H3,(H,23,24)(H2,21,22,25). The number of amides is 2. The third-order valence-electron chi connectivity index (χ3n) is 4.04. The van der Waals surface area contributed by atoms with Crippen molar-refractivity contribution in [3.05, 3.63) is 65.7 Å². The fraction of sp³-hybridized carbons (Fsp3) is 0.300. The van der Waals surface area contributed by atoms with Crippen LogP contribution in [-0.2, 0) is 17.6 Å². The van der Waals surface area contributed by atoms with E-state index in [0.29, 0.717) is 5.69 Å². The molecule has 0 saturated carbocycles. The van der Waals surface area contributed by atoms with Gasteiger partial charge in [-0.15, -0.1) is 0 Å². The van der Waals surface area contributed by atoms with Gasteiger partial charge >= 0.3 is 12.0 Å². The van der Waals surface area contributed by atoms with Crippen LogP contribution in [0.15, 0.2) is 54.6 Å². The number of benzene rings is 2. The fourth-order valence-corrected chi connectivity index (χ4v) is 2.40. The molecule has 6 nitrogen and oxygen atoms in total. The molecule has 0 spiro atoms. The summed E-state index contributed by atoms with van der Waals surface area (Å²) in [4.78, 5) is 22.6. The van der Waals surface area contributed by atoms with Crippen LogP contribution >= 0.6 is 0 Å². The van der Waals surface area contributed by atoms with Crippen LogP contribution < -0.4 is 10.6 Å². The Kier molecular flexibility index (Phi) is 6.74. The minimum atomic E-state index is -2.00. The lowest BCUT2D eigenvalue weighted by Gasteiger charge is -2.18. The summed E-state index contributed by atoms with van der Waals surface area (Å²) in [6.07, 6.45) is 3.01. The van der Waals surface area contributed by atoms with Crippen LogP contribution in [0, 0.1) is 0 Å². The van der Waals surface area contributed by atoms with Crippen molar-refractivity contribution < 1.29 is 19.8 Å². The number of aliphatic carboxylic acids is 1. The number of carbonyl (C=O) groups excluding carboxylic acids is 1. The SMILES string of the molecule is CC(O)(CNC(=O)Nc1ccc(CCCc2ccccc2)cc1)C(=O)O. The van der Waals surface area contributed by atoms with Crippen LogP contribution in [0.25, 0.3) is 0 Å². The van der Waals surface area contributed by atoms with Crippen LogP contribution in [0.1, 0.15) is 24.5 Å². The van der Waals surface area contributed by atoms with E-state index in [2.05, 4.69) is 22.8 Å². The molecule has 0 aliphatic carbocycles. The number of hydrogen-bond acceptors (Lipinski definition) is 3. The lowest BCUT2D eigenvalue weighted by atomic mass is 10.0. The van der Waals surface area contributed by atoms with E-state index >= 15 is 0 Å². The first-order valence-corrected chi connectivity index (χ1v) is 8.50. The summed E-state index contributed by atoms with van der Waals surface area (Å²) in [6.45, 7) is 0.742. The Morgan fingerprint density at radius 2 is 1.54 bits per heavy atom. The van der Waals surface area contributed by atoms with E-state index in [-0.39, 0.29) is 6.54 Å². The zero-order chi connectivity index (χ0) is 19.0. The van der Waals surface area contributed by atoms with Gasteiger partial charge in [0.2, 0.25) is 0 Å². The minimum absolute atomic E-state index is 0.383. The molecule has 1 unspecified atom stereocenters. The van der Waals surface area contributed by atoms with Crippen molar-refractivity contribution in [3.8, 4) is 0 Å². The number of nitrogens with one attached hydrogen (secondary N) is 2. The Morgan fingerprint density at radius 1 is 0.962 bits per heavy atom. The second kappa shape index (κ2) is 9.01. The third-order valence-corrected chi connectivity index (χ3v) is 4.04. The zero-order valence-corrected chi connectivity index (χ0v) is 14.7. The van der Waals surface area contributed by atoms with Crippen LogP contribution in [0.3, 0.4) is 0 Å². The third kappa shape index (κ3) is 6.22. The zero-order valence-electron chi connectivity index (χ0n) is 14.7. The number of carboxylic acids is 1. The second-order valence-corrected chi connectivity index (χ2v) is 6.42. The molecule has 2 aromatic rings. The highest BCUT2D eigenvalue weighted by Crippen LogP contribution is 2.13. The number of rotatable bonds is 8. The minimum Gasteiger partial charge on any atom is -0.479 e. The van der Waals surface area contributed by atoms with Crippen molar-refractivity contribution in [1.29, 1.82) is 0 Å². The summed E-state index contributed by atoms with van der Waals surface area (Å²) in [6, 6.07) is 17.3. The van der Waals surface area contributed by atoms with Crippen molar-refractivity contribution in [2.75, 3.05) is 11.9 Å². The van der Waals surface area contributed by atoms with Gasteiger partial charge in [0.05, 0.1) is 6.54 Å². The number of anilines is 1. The number of aliphatic hydroxyl groups is 1. The smallest absolute Gasteiger partial charge is 0.337 e. The predicted molar refractivity (Wildman–Crippen MR) is 100 cm³/mol. The van der Waals surface area contributed by atoms with E-state index in [1.54, 1.807) is 12.1 Å². The number of urea groups is 1. The maximum Gasteiger partial charge on any atom is 0.337 e. The molecule has 1 atom stereocenters. The van der Waals surface area contributed by atoms with Gasteiger partial charge in [-0.05, 0) is 49.4 Å². The molecule has 0 radical (unpaired) electrons. The molecule has 6 heteroatoms. The Labute approximate surface area is 152 Å². The van der Waals surface area contributed by atoms with E-state index in [0.717, 1.165) is 26.2 Å². The average Bonchev–Trinajstić information content (AvgIpc) is 2.62. The lowest BCUT2D eigenvalue weighted by molar-refractivity contribution is -0.155. The van der Waals surface area contributed by atoms with Crippen LogP contribution in [0.4, 0.5) is 10.5 Å². The first-order chi connectivity index (χ1) is 12.4. The molecule has 0 heterocycles. The van der Waals surface area contributed by atoms with E-state index in [1.165, 1.54) is 11.1 Å². The van der Waals surface area contributed by atoms with Crippen LogP contribution in [0.2, 0.25) is 0 Å². The fourth-order valence-electron chi connectivity index (χ4n) is 2.40. The quantitative estimate of drug-likeness (QED) is 0.584. The molecule has 0 fully saturated rings. The maximum absolute atomic E-state index is 11.8. The molecular weight excluding hydrogens is 332 g/mol. The summed E-state index contributed by atoms with van der Waals surface area (Å²) in [5, 5.41) is 23.3. The number of hydrogen-bond donors (Lipinski definition) is 4. The molecule has 138 valence electrons. The number of carboxylic acid groups (broad SMARTS) is 1. The van der Waals surface area contributed by atoms with E-state index in [4.69, 9.17) is 5.11 Å². The van der Waals surface area contributed by atoms with Crippen LogP contribution in [-0.4, -0.2) is 34.4 Å². The highest BCUT2D eigenvalue weighted by molar-refractivity contribution is 5.89. The molecule has 0 aromatic heterocycles. The lowest BCUT2D eigenvalue weighted by Crippen LogP contribution is -2.47. The van der Waals surface area contributed by atoms with Gasteiger partial charge in [0.25, 0.3) is 0 Å². The normalized spacial score (nSPS) is 12.8. The van der Waals surface area contributed by atoms with Crippen molar-refractivity contribution in [1.82, 2.24) is 5.32 Å². The highest BCUT2D eigenvalue weighted by Gasteiger charge is 2.30. The Hall–Kier alpha value is -2.86. The topological polar surface area (TPSA) is 98.7 Å². The molecule has 0 aliphatic rings. The Morgan fingerprint density at radius 3 is 2.12 bits per heavy atom. The molecule has 4 N–H and O–H groups in total. The molecule has 2 amide bonds. The second-order valence-electron chi connectivity index (χ2n) is 6.42. The Bertz CT molecular complexity index is 727. The first-order valence-electron chi connectivity index (χ1n) is 8.50. The van der Waals surface area contributed by atoms with Gasteiger partial charge in [-0.2, -0.15) is 0 Å². The molecule has 0 saturated heterocycles. The molecule has 0 bridgehead atoms. The van der Waals surface area contributed by atoms with E-state index in [1.807, 2.05) is 30.3 Å². The first kappa shape index (κ1) is 19.5. The maximum atomic E-state index is 11.8. The van der Waals surface area contributed by atoms with Gasteiger partial charge in [-0.25, -0.2) is 9.59 Å². The summed E-state index contributed by atoms with van der Waals surface area (Å²) in [7, 11) is 0. The van der Waals surface area contributed by atoms with E-state index < -0.39 is 17.6 Å². The van der Waals surface area contributed by atoms with E-state index in [9.17, 15) is 14.7 Å². The average molecular weight is 356 g/mol. The Balaban J connectivity index is 1.76. The van der Waals surface area contributed by atoms with Gasteiger partial charge < -0.3 is 20.8 Å². The molecular formula is C20H24N2O4. The van der Waals surface area contributed by atoms with Gasteiger partial charge in [-0.1, -0.05) is 42.5 Å². The van der Waals surface area contributed by atoms with Crippen molar-refractivity contribution >= 4 is 17.7 Å². The monoisotopic (exact) mass is 356 g/mol. The van der Waals surface area contributed by atoms with Gasteiger partial charge in [0.1, 0.15) is 0 Å². The summed E-state index contributed by atoms with van der Waals surface area (Å²) in [5.74, 6) is -1.39. The predicted octanol–water partition coefficient (Wildman–Crippen LogP) is 2.82. The summed E-state index contributed by atoms with van der Waals surface area (Å²) >= 11 is 0. The molecule has 2 rings (SSSR count). The number of carbonyl (C=O) groups is 2. The summed E-state index contributed by atoms with van der Waals surface area (Å²) in [5.41, 5.74) is 1.10. The number of aryl methyl sites for hydroxylation is 2. The van der Waals surface area contributed by atoms with Gasteiger partial charge in [-0.3, -0.25) is 0 Å². The summed E-state index contributed by atoms with van der Waals surface area (Å²) < 4.78 is 0. The van der Waals surface area contributed by atoms with Crippen molar-refractivity contribution in [2.24, 2.45) is 0 Å². The van der Waals surface area contributed by atoms with Crippen molar-refractivity contribution in [2.45, 2.75) is 31.8 Å². The largest absolute Gasteiger partial charge is 0.479 e. The van der Waals surface area contributed by atoms with Crippen molar-refractivity contribution in [3.63, 3.8) is 0 Å². The molecule has 0 aliphatic heterocycles. The molecule has 26 heavy (non-hydrogen) atoms. The van der Waals surface area contributed by atoms with Crippen LogP contribution in [0.5, 0.6) is 0 Å². The molecule has 2 aromatic carbocycles. The van der Waals surface area contributed by atoms with Gasteiger partial charge in [0, 0.05) is 5.69 Å².